The highest BCUT2D eigenvalue weighted by Crippen LogP contribution is 2.05. The number of alkyl halides is 1. The van der Waals surface area contributed by atoms with Crippen molar-refractivity contribution in [1.29, 1.82) is 0 Å². The van der Waals surface area contributed by atoms with Crippen LogP contribution in [0.15, 0.2) is 18.3 Å². The topological polar surface area (TPSA) is 71.1 Å². The molecule has 0 aromatic carbocycles. The molecule has 1 rings (SSSR count). The lowest BCUT2D eigenvalue weighted by Gasteiger charge is -2.08. The second-order valence-corrected chi connectivity index (χ2v) is 3.59. The number of hydrogen-bond acceptors (Lipinski definition) is 3. The fraction of sp³-hybridized carbons (Fsp3) is 0.364. The number of nitrogens with zero attached hydrogens (tertiary/aromatic N) is 1. The third kappa shape index (κ3) is 4.40. The SMILES string of the molecule is CCc1cccnc1CNC(=O)NC(=O)CCl. The number of amides is 3. The number of carbonyl (C=O) groups excluding carboxylic acids is 2. The normalized spacial score (nSPS) is 9.76. The molecular formula is C11H14ClN3O2. The van der Waals surface area contributed by atoms with Crippen molar-refractivity contribution in [2.24, 2.45) is 0 Å². The predicted molar refractivity (Wildman–Crippen MR) is 64.7 cm³/mol. The van der Waals surface area contributed by atoms with Crippen LogP contribution in [0.4, 0.5) is 4.79 Å². The molecule has 92 valence electrons. The molecule has 5 nitrogen and oxygen atoms in total. The number of nitrogens with one attached hydrogen (secondary N) is 2. The van der Waals surface area contributed by atoms with Gasteiger partial charge in [0.1, 0.15) is 5.88 Å². The van der Waals surface area contributed by atoms with Crippen molar-refractivity contribution in [1.82, 2.24) is 15.6 Å². The Labute approximate surface area is 105 Å². The summed E-state index contributed by atoms with van der Waals surface area (Å²) < 4.78 is 0. The molecule has 0 aliphatic heterocycles. The van der Waals surface area contributed by atoms with Crippen molar-refractivity contribution < 1.29 is 9.59 Å². The van der Waals surface area contributed by atoms with Gasteiger partial charge in [0, 0.05) is 6.20 Å². The largest absolute Gasteiger partial charge is 0.332 e. The molecule has 3 amide bonds. The first-order chi connectivity index (χ1) is 8.17. The number of aryl methyl sites for hydroxylation is 1. The minimum absolute atomic E-state index is 0.239. The van der Waals surface area contributed by atoms with Crippen molar-refractivity contribution in [2.45, 2.75) is 19.9 Å². The van der Waals surface area contributed by atoms with Gasteiger partial charge >= 0.3 is 6.03 Å². The minimum Gasteiger partial charge on any atom is -0.332 e. The van der Waals surface area contributed by atoms with Gasteiger partial charge in [0.05, 0.1) is 12.2 Å². The van der Waals surface area contributed by atoms with E-state index in [1.54, 1.807) is 6.20 Å². The monoisotopic (exact) mass is 255 g/mol. The van der Waals surface area contributed by atoms with Gasteiger partial charge in [-0.2, -0.15) is 0 Å². The summed E-state index contributed by atoms with van der Waals surface area (Å²) >= 11 is 5.26. The molecular weight excluding hydrogens is 242 g/mol. The number of imide groups is 1. The lowest BCUT2D eigenvalue weighted by molar-refractivity contribution is -0.117. The van der Waals surface area contributed by atoms with Crippen molar-refractivity contribution >= 4 is 23.5 Å². The van der Waals surface area contributed by atoms with E-state index < -0.39 is 11.9 Å². The van der Waals surface area contributed by atoms with E-state index >= 15 is 0 Å². The van der Waals surface area contributed by atoms with E-state index in [9.17, 15) is 9.59 Å². The maximum absolute atomic E-state index is 11.3. The zero-order valence-electron chi connectivity index (χ0n) is 9.50. The van der Waals surface area contributed by atoms with E-state index in [0.29, 0.717) is 0 Å². The molecule has 0 bridgehead atoms. The first-order valence-electron chi connectivity index (χ1n) is 5.23. The maximum Gasteiger partial charge on any atom is 0.321 e. The van der Waals surface area contributed by atoms with Crippen molar-refractivity contribution in [2.75, 3.05) is 5.88 Å². The lowest BCUT2D eigenvalue weighted by atomic mass is 10.1. The van der Waals surface area contributed by atoms with Crippen LogP contribution in [-0.2, 0) is 17.8 Å². The first-order valence-corrected chi connectivity index (χ1v) is 5.77. The standard InChI is InChI=1S/C11H14ClN3O2/c1-2-8-4-3-5-13-9(8)7-14-11(17)15-10(16)6-12/h3-5H,2,6-7H2,1H3,(H2,14,15,16,17). The van der Waals surface area contributed by atoms with Gasteiger partial charge in [-0.25, -0.2) is 4.79 Å². The van der Waals surface area contributed by atoms with Crippen LogP contribution in [0.1, 0.15) is 18.2 Å². The minimum atomic E-state index is -0.566. The number of aromatic nitrogens is 1. The van der Waals surface area contributed by atoms with Gasteiger partial charge in [0.25, 0.3) is 0 Å². The Morgan fingerprint density at radius 1 is 1.47 bits per heavy atom. The van der Waals surface area contributed by atoms with Crippen LogP contribution < -0.4 is 10.6 Å². The zero-order valence-corrected chi connectivity index (χ0v) is 10.3. The molecule has 6 heteroatoms. The molecule has 0 saturated heterocycles. The highest BCUT2D eigenvalue weighted by Gasteiger charge is 2.07. The van der Waals surface area contributed by atoms with Gasteiger partial charge in [-0.05, 0) is 18.1 Å². The average molecular weight is 256 g/mol. The molecule has 1 heterocycles. The van der Waals surface area contributed by atoms with E-state index in [4.69, 9.17) is 11.6 Å². The molecule has 2 N–H and O–H groups in total. The highest BCUT2D eigenvalue weighted by atomic mass is 35.5. The Morgan fingerprint density at radius 2 is 2.24 bits per heavy atom. The van der Waals surface area contributed by atoms with Crippen LogP contribution in [0.5, 0.6) is 0 Å². The number of pyridine rings is 1. The molecule has 0 aliphatic rings. The van der Waals surface area contributed by atoms with Crippen LogP contribution in [0.3, 0.4) is 0 Å². The molecule has 0 spiro atoms. The summed E-state index contributed by atoms with van der Waals surface area (Å²) in [5, 5.41) is 4.64. The van der Waals surface area contributed by atoms with E-state index in [0.717, 1.165) is 17.7 Å². The maximum atomic E-state index is 11.3. The summed E-state index contributed by atoms with van der Waals surface area (Å²) in [6, 6.07) is 3.23. The van der Waals surface area contributed by atoms with Crippen LogP contribution in [0.2, 0.25) is 0 Å². The third-order valence-electron chi connectivity index (χ3n) is 2.16. The number of rotatable bonds is 4. The number of hydrogen-bond donors (Lipinski definition) is 2. The second-order valence-electron chi connectivity index (χ2n) is 3.33. The van der Waals surface area contributed by atoms with E-state index in [-0.39, 0.29) is 12.4 Å². The van der Waals surface area contributed by atoms with Crippen LogP contribution >= 0.6 is 11.6 Å². The van der Waals surface area contributed by atoms with Crippen LogP contribution in [0.25, 0.3) is 0 Å². The number of carbonyl (C=O) groups is 2. The Hall–Kier alpha value is -1.62. The summed E-state index contributed by atoms with van der Waals surface area (Å²) in [5.41, 5.74) is 1.86. The molecule has 0 radical (unpaired) electrons. The van der Waals surface area contributed by atoms with Gasteiger partial charge in [0.15, 0.2) is 0 Å². The fourth-order valence-corrected chi connectivity index (χ4v) is 1.39. The smallest absolute Gasteiger partial charge is 0.321 e. The number of urea groups is 1. The van der Waals surface area contributed by atoms with E-state index in [1.165, 1.54) is 0 Å². The molecule has 0 atom stereocenters. The lowest BCUT2D eigenvalue weighted by Crippen LogP contribution is -2.39. The highest BCUT2D eigenvalue weighted by molar-refractivity contribution is 6.28. The predicted octanol–water partition coefficient (Wildman–Crippen LogP) is 1.21. The summed E-state index contributed by atoms with van der Waals surface area (Å²) in [6.45, 7) is 2.29. The average Bonchev–Trinajstić information content (AvgIpc) is 2.36. The number of halogens is 1. The van der Waals surface area contributed by atoms with Crippen molar-refractivity contribution in [3.8, 4) is 0 Å². The van der Waals surface area contributed by atoms with Crippen molar-refractivity contribution in [3.63, 3.8) is 0 Å². The van der Waals surface area contributed by atoms with Crippen LogP contribution in [0, 0.1) is 0 Å². The molecule has 0 fully saturated rings. The van der Waals surface area contributed by atoms with E-state index in [2.05, 4.69) is 15.6 Å². The third-order valence-corrected chi connectivity index (χ3v) is 2.40. The molecule has 0 unspecified atom stereocenters. The Morgan fingerprint density at radius 3 is 2.88 bits per heavy atom. The molecule has 17 heavy (non-hydrogen) atoms. The second kappa shape index (κ2) is 6.85. The first kappa shape index (κ1) is 13.4. The van der Waals surface area contributed by atoms with Gasteiger partial charge in [-0.15, -0.1) is 11.6 Å². The van der Waals surface area contributed by atoms with Gasteiger partial charge in [-0.3, -0.25) is 15.1 Å². The van der Waals surface area contributed by atoms with Crippen LogP contribution in [-0.4, -0.2) is 22.8 Å². The van der Waals surface area contributed by atoms with Gasteiger partial charge in [-0.1, -0.05) is 13.0 Å². The Balaban J connectivity index is 2.50. The zero-order chi connectivity index (χ0) is 12.7. The summed E-state index contributed by atoms with van der Waals surface area (Å²) in [7, 11) is 0. The summed E-state index contributed by atoms with van der Waals surface area (Å²) in [5.74, 6) is -0.766. The molecule has 1 aromatic heterocycles. The molecule has 0 aliphatic carbocycles. The quantitative estimate of drug-likeness (QED) is 0.795. The summed E-state index contributed by atoms with van der Waals surface area (Å²) in [4.78, 5) is 26.3. The van der Waals surface area contributed by atoms with Crippen molar-refractivity contribution in [3.05, 3.63) is 29.6 Å². The molecule has 0 saturated carbocycles. The Bertz CT molecular complexity index is 409. The van der Waals surface area contributed by atoms with Gasteiger partial charge in [0.2, 0.25) is 5.91 Å². The Kier molecular flexibility index (Phi) is 5.42. The van der Waals surface area contributed by atoms with Gasteiger partial charge < -0.3 is 5.32 Å². The molecule has 1 aromatic rings. The summed E-state index contributed by atoms with van der Waals surface area (Å²) in [6.07, 6.45) is 2.51. The van der Waals surface area contributed by atoms with E-state index in [1.807, 2.05) is 19.1 Å². The fourth-order valence-electron chi connectivity index (χ4n) is 1.32.